The van der Waals surface area contributed by atoms with E-state index in [1.807, 2.05) is 23.7 Å². The summed E-state index contributed by atoms with van der Waals surface area (Å²) in [7, 11) is 0. The largest absolute Gasteiger partial charge is 0.483 e. The van der Waals surface area contributed by atoms with Crippen molar-refractivity contribution in [3.05, 3.63) is 52.0 Å². The summed E-state index contributed by atoms with van der Waals surface area (Å²) in [5.74, 6) is 0. The molecule has 0 aliphatic carbocycles. The third kappa shape index (κ3) is 7.85. The van der Waals surface area contributed by atoms with Gasteiger partial charge in [-0.3, -0.25) is 24.4 Å². The number of thiophene rings is 1. The molecule has 0 radical (unpaired) electrons. The summed E-state index contributed by atoms with van der Waals surface area (Å²) in [6.45, 7) is 5.49. The van der Waals surface area contributed by atoms with Crippen LogP contribution in [0.15, 0.2) is 36.0 Å². The van der Waals surface area contributed by atoms with Gasteiger partial charge in [-0.15, -0.1) is 11.3 Å². The van der Waals surface area contributed by atoms with Gasteiger partial charge in [-0.25, -0.2) is 0 Å². The van der Waals surface area contributed by atoms with Crippen LogP contribution in [0.5, 0.6) is 0 Å². The van der Waals surface area contributed by atoms with Gasteiger partial charge in [-0.05, 0) is 74.0 Å². The second-order valence-electron chi connectivity index (χ2n) is 7.38. The van der Waals surface area contributed by atoms with E-state index in [1.165, 1.54) is 67.7 Å². The Balaban J connectivity index is 0.000000480. The molecular formula is C22H31N3O4S. The van der Waals surface area contributed by atoms with Crippen LogP contribution in [-0.4, -0.2) is 57.6 Å². The molecule has 0 saturated carbocycles. The van der Waals surface area contributed by atoms with Gasteiger partial charge in [0, 0.05) is 36.4 Å². The van der Waals surface area contributed by atoms with Crippen molar-refractivity contribution in [1.29, 1.82) is 0 Å². The maximum atomic E-state index is 8.36. The Bertz CT molecular complexity index is 729. The van der Waals surface area contributed by atoms with Crippen LogP contribution in [-0.2, 0) is 22.7 Å². The molecule has 4 rings (SSSR count). The number of carboxylic acid groups (broad SMARTS) is 2. The maximum Gasteiger partial charge on any atom is 0.290 e. The van der Waals surface area contributed by atoms with Crippen molar-refractivity contribution in [3.8, 4) is 0 Å². The molecule has 2 aromatic rings. The predicted octanol–water partition coefficient (Wildman–Crippen LogP) is 3.87. The number of hydrogen-bond donors (Lipinski definition) is 2. The Hall–Kier alpha value is -2.29. The van der Waals surface area contributed by atoms with Crippen LogP contribution in [0.3, 0.4) is 0 Å². The number of rotatable bonds is 5. The van der Waals surface area contributed by atoms with Gasteiger partial charge in [0.05, 0.1) is 0 Å². The van der Waals surface area contributed by atoms with Crippen LogP contribution >= 0.6 is 11.3 Å². The van der Waals surface area contributed by atoms with E-state index in [2.05, 4.69) is 38.4 Å². The highest BCUT2D eigenvalue weighted by molar-refractivity contribution is 7.10. The second kappa shape index (κ2) is 13.8. The topological polar surface area (TPSA) is 94.0 Å². The van der Waals surface area contributed by atoms with Crippen molar-refractivity contribution in [2.24, 2.45) is 0 Å². The summed E-state index contributed by atoms with van der Waals surface area (Å²) in [4.78, 5) is 27.8. The normalized spacial score (nSPS) is 19.1. The quantitative estimate of drug-likeness (QED) is 0.691. The van der Waals surface area contributed by atoms with Gasteiger partial charge in [0.1, 0.15) is 0 Å². The van der Waals surface area contributed by atoms with Gasteiger partial charge in [-0.1, -0.05) is 12.5 Å². The Morgan fingerprint density at radius 2 is 1.80 bits per heavy atom. The fourth-order valence-corrected chi connectivity index (χ4v) is 5.04. The lowest BCUT2D eigenvalue weighted by Crippen LogP contribution is -2.28. The molecule has 164 valence electrons. The molecule has 1 atom stereocenters. The highest BCUT2D eigenvalue weighted by atomic mass is 32.1. The smallest absolute Gasteiger partial charge is 0.290 e. The Morgan fingerprint density at radius 1 is 1.07 bits per heavy atom. The number of pyridine rings is 1. The van der Waals surface area contributed by atoms with E-state index in [0.29, 0.717) is 6.04 Å². The maximum absolute atomic E-state index is 8.36. The molecule has 0 aromatic carbocycles. The summed E-state index contributed by atoms with van der Waals surface area (Å²) in [6, 6.07) is 7.28. The first-order chi connectivity index (χ1) is 14.7. The zero-order valence-corrected chi connectivity index (χ0v) is 18.0. The van der Waals surface area contributed by atoms with Gasteiger partial charge in [-0.2, -0.15) is 0 Å². The number of likely N-dealkylation sites (tertiary alicyclic amines) is 2. The van der Waals surface area contributed by atoms with E-state index < -0.39 is 0 Å². The summed E-state index contributed by atoms with van der Waals surface area (Å²) in [5.41, 5.74) is 2.88. The molecule has 0 amide bonds. The van der Waals surface area contributed by atoms with Crippen molar-refractivity contribution in [2.45, 2.75) is 51.2 Å². The van der Waals surface area contributed by atoms with Crippen LogP contribution in [0, 0.1) is 0 Å². The highest BCUT2D eigenvalue weighted by Crippen LogP contribution is 2.33. The van der Waals surface area contributed by atoms with Crippen molar-refractivity contribution in [2.75, 3.05) is 19.6 Å². The average Bonchev–Trinajstić information content (AvgIpc) is 3.40. The molecule has 2 aromatic heterocycles. The average molecular weight is 434 g/mol. The Kier molecular flexibility index (Phi) is 11.1. The highest BCUT2D eigenvalue weighted by Gasteiger charge is 2.26. The minimum atomic E-state index is -0.250. The van der Waals surface area contributed by atoms with E-state index in [9.17, 15) is 0 Å². The summed E-state index contributed by atoms with van der Waals surface area (Å²) < 4.78 is 0. The van der Waals surface area contributed by atoms with Crippen molar-refractivity contribution in [3.63, 3.8) is 0 Å². The SMILES string of the molecule is O=CO.O=CO.c1cncc(C2CCCN2Cc2cc(CN3CCCCC3)cs2)c1. The number of carbonyl (C=O) groups is 2. The van der Waals surface area contributed by atoms with Gasteiger partial charge in [0.15, 0.2) is 0 Å². The van der Waals surface area contributed by atoms with Crippen LogP contribution in [0.4, 0.5) is 0 Å². The predicted molar refractivity (Wildman–Crippen MR) is 117 cm³/mol. The molecule has 2 saturated heterocycles. The second-order valence-corrected chi connectivity index (χ2v) is 8.38. The van der Waals surface area contributed by atoms with Crippen molar-refractivity contribution in [1.82, 2.24) is 14.8 Å². The van der Waals surface area contributed by atoms with Gasteiger partial charge in [0.25, 0.3) is 12.9 Å². The standard InChI is InChI=1S/C20H27N3S.2CH2O2/c1-2-9-22(10-3-1)14-17-12-19(24-16-17)15-23-11-5-7-20(23)18-6-4-8-21-13-18;2*2-1-3/h4,6,8,12-13,16,20H,1-3,5,7,9-11,14-15H2;2*1H,(H,2,3). The fraction of sp³-hybridized carbons (Fsp3) is 0.500. The van der Waals surface area contributed by atoms with Crippen LogP contribution in [0.1, 0.15) is 54.1 Å². The fourth-order valence-electron chi connectivity index (χ4n) is 4.13. The lowest BCUT2D eigenvalue weighted by molar-refractivity contribution is -0.123. The van der Waals surface area contributed by atoms with E-state index >= 15 is 0 Å². The zero-order valence-electron chi connectivity index (χ0n) is 17.2. The van der Waals surface area contributed by atoms with Gasteiger partial charge in [0.2, 0.25) is 0 Å². The molecule has 2 N–H and O–H groups in total. The Morgan fingerprint density at radius 3 is 2.47 bits per heavy atom. The van der Waals surface area contributed by atoms with Crippen molar-refractivity contribution < 1.29 is 19.8 Å². The molecule has 8 heteroatoms. The molecule has 30 heavy (non-hydrogen) atoms. The third-order valence-corrected chi connectivity index (χ3v) is 6.32. The molecule has 1 unspecified atom stereocenters. The number of nitrogens with zero attached hydrogens (tertiary/aromatic N) is 3. The number of hydrogen-bond acceptors (Lipinski definition) is 6. The Labute approximate surface area is 182 Å². The first-order valence-corrected chi connectivity index (χ1v) is 11.2. The molecule has 2 aliphatic heterocycles. The molecule has 0 bridgehead atoms. The van der Waals surface area contributed by atoms with E-state index in [1.54, 1.807) is 0 Å². The lowest BCUT2D eigenvalue weighted by atomic mass is 10.1. The number of aromatic nitrogens is 1. The third-order valence-electron chi connectivity index (χ3n) is 5.35. The number of piperidine rings is 1. The van der Waals surface area contributed by atoms with E-state index in [0.717, 1.165) is 13.1 Å². The first kappa shape index (κ1) is 24.0. The van der Waals surface area contributed by atoms with Gasteiger partial charge >= 0.3 is 0 Å². The molecule has 4 heterocycles. The monoisotopic (exact) mass is 433 g/mol. The first-order valence-electron chi connectivity index (χ1n) is 10.3. The molecule has 7 nitrogen and oxygen atoms in total. The summed E-state index contributed by atoms with van der Waals surface area (Å²) in [5, 5.41) is 16.2. The lowest BCUT2D eigenvalue weighted by Gasteiger charge is -2.26. The van der Waals surface area contributed by atoms with E-state index in [4.69, 9.17) is 19.8 Å². The summed E-state index contributed by atoms with van der Waals surface area (Å²) >= 11 is 1.94. The molecule has 0 spiro atoms. The molecule has 2 fully saturated rings. The van der Waals surface area contributed by atoms with Crippen LogP contribution < -0.4 is 0 Å². The van der Waals surface area contributed by atoms with Crippen molar-refractivity contribution >= 4 is 24.3 Å². The van der Waals surface area contributed by atoms with E-state index in [-0.39, 0.29) is 12.9 Å². The molecular weight excluding hydrogens is 402 g/mol. The van der Waals surface area contributed by atoms with Crippen LogP contribution in [0.25, 0.3) is 0 Å². The summed E-state index contributed by atoms with van der Waals surface area (Å²) in [6.07, 6.45) is 10.6. The molecule has 2 aliphatic rings. The minimum Gasteiger partial charge on any atom is -0.483 e. The van der Waals surface area contributed by atoms with Gasteiger partial charge < -0.3 is 10.2 Å². The zero-order chi connectivity index (χ0) is 21.6. The minimum absolute atomic E-state index is 0.250. The van der Waals surface area contributed by atoms with Crippen LogP contribution in [0.2, 0.25) is 0 Å².